The third-order valence-corrected chi connectivity index (χ3v) is 3.16. The molecule has 1 aromatic carbocycles. The van der Waals surface area contributed by atoms with E-state index in [0.29, 0.717) is 19.0 Å². The highest BCUT2D eigenvalue weighted by molar-refractivity contribution is 5.82. The summed E-state index contributed by atoms with van der Waals surface area (Å²) in [6.07, 6.45) is 2.16. The molecule has 1 aliphatic heterocycles. The number of ketones is 1. The highest BCUT2D eigenvalue weighted by Gasteiger charge is 2.08. The van der Waals surface area contributed by atoms with Gasteiger partial charge in [0, 0.05) is 6.54 Å². The molecule has 0 saturated carbocycles. The average Bonchev–Trinajstić information content (AvgIpc) is 3.01. The Morgan fingerprint density at radius 1 is 1.55 bits per heavy atom. The molecule has 4 N–H and O–H groups in total. The van der Waals surface area contributed by atoms with Crippen molar-refractivity contribution in [2.75, 3.05) is 19.7 Å². The van der Waals surface area contributed by atoms with Gasteiger partial charge in [-0.3, -0.25) is 4.79 Å². The molecule has 0 aliphatic carbocycles. The molecule has 0 aromatic heterocycles. The average molecular weight is 303 g/mol. The topological polar surface area (TPSA) is 101 Å². The smallest absolute Gasteiger partial charge is 0.212 e. The second-order valence-electron chi connectivity index (χ2n) is 4.96. The Hall–Kier alpha value is -2.41. The van der Waals surface area contributed by atoms with E-state index in [1.807, 2.05) is 24.3 Å². The molecule has 1 aliphatic rings. The number of aliphatic imine (C=N–C) groups is 1. The maximum absolute atomic E-state index is 11.1. The van der Waals surface area contributed by atoms with E-state index in [2.05, 4.69) is 20.8 Å². The van der Waals surface area contributed by atoms with E-state index in [9.17, 15) is 4.79 Å². The third-order valence-electron chi connectivity index (χ3n) is 3.16. The van der Waals surface area contributed by atoms with Crippen LogP contribution in [0.15, 0.2) is 34.4 Å². The predicted octanol–water partition coefficient (Wildman–Crippen LogP) is 0.0588. The highest BCUT2D eigenvalue weighted by atomic mass is 16.5. The van der Waals surface area contributed by atoms with Crippen LogP contribution < -0.4 is 21.2 Å². The molecule has 7 nitrogen and oxygen atoms in total. The molecule has 1 unspecified atom stereocenters. The molecule has 0 radical (unpaired) electrons. The van der Waals surface area contributed by atoms with E-state index in [-0.39, 0.29) is 5.78 Å². The number of hydrogen-bond acceptors (Lipinski definition) is 7. The Bertz CT molecular complexity index is 554. The maximum atomic E-state index is 11.1. The minimum absolute atomic E-state index is 0.00889. The molecule has 0 fully saturated rings. The van der Waals surface area contributed by atoms with Gasteiger partial charge in [0.05, 0.1) is 18.8 Å². The van der Waals surface area contributed by atoms with E-state index in [1.165, 1.54) is 6.92 Å². The SMILES string of the molecule is CC(=O)C(N)Cc1ccc(OC/C=N/NC2=NCCN2)cc1. The summed E-state index contributed by atoms with van der Waals surface area (Å²) in [4.78, 5) is 15.3. The fourth-order valence-corrected chi connectivity index (χ4v) is 1.87. The molecule has 0 bridgehead atoms. The molecule has 0 saturated heterocycles. The number of ether oxygens (including phenoxy) is 1. The van der Waals surface area contributed by atoms with Gasteiger partial charge in [-0.2, -0.15) is 5.10 Å². The van der Waals surface area contributed by atoms with Crippen molar-refractivity contribution in [3.63, 3.8) is 0 Å². The number of hydrazone groups is 1. The van der Waals surface area contributed by atoms with Crippen LogP contribution >= 0.6 is 0 Å². The second kappa shape index (κ2) is 8.14. The number of rotatable bonds is 7. The lowest BCUT2D eigenvalue weighted by Crippen LogP contribution is -2.30. The monoisotopic (exact) mass is 303 g/mol. The molecule has 118 valence electrons. The van der Waals surface area contributed by atoms with Gasteiger partial charge in [0.25, 0.3) is 0 Å². The molecule has 0 spiro atoms. The summed E-state index contributed by atoms with van der Waals surface area (Å²) in [6, 6.07) is 7.07. The zero-order valence-electron chi connectivity index (χ0n) is 12.6. The minimum Gasteiger partial charge on any atom is -0.488 e. The fourth-order valence-electron chi connectivity index (χ4n) is 1.87. The van der Waals surface area contributed by atoms with Crippen molar-refractivity contribution >= 4 is 18.0 Å². The van der Waals surface area contributed by atoms with Crippen LogP contribution in [0.1, 0.15) is 12.5 Å². The Morgan fingerprint density at radius 3 is 2.95 bits per heavy atom. The van der Waals surface area contributed by atoms with Gasteiger partial charge < -0.3 is 15.8 Å². The van der Waals surface area contributed by atoms with Crippen molar-refractivity contribution in [3.8, 4) is 5.75 Å². The quantitative estimate of drug-likeness (QED) is 0.488. The molecule has 1 atom stereocenters. The first-order valence-electron chi connectivity index (χ1n) is 7.19. The summed E-state index contributed by atoms with van der Waals surface area (Å²) < 4.78 is 5.53. The zero-order valence-corrected chi connectivity index (χ0v) is 12.6. The van der Waals surface area contributed by atoms with E-state index >= 15 is 0 Å². The number of guanidine groups is 1. The lowest BCUT2D eigenvalue weighted by molar-refractivity contribution is -0.118. The number of hydrogen-bond donors (Lipinski definition) is 3. The molecule has 2 rings (SSSR count). The molecule has 22 heavy (non-hydrogen) atoms. The minimum atomic E-state index is -0.447. The molecule has 0 amide bonds. The van der Waals surface area contributed by atoms with Crippen molar-refractivity contribution in [2.45, 2.75) is 19.4 Å². The van der Waals surface area contributed by atoms with E-state index in [1.54, 1.807) is 6.21 Å². The first-order chi connectivity index (χ1) is 10.6. The lowest BCUT2D eigenvalue weighted by atomic mass is 10.0. The summed E-state index contributed by atoms with van der Waals surface area (Å²) >= 11 is 0. The second-order valence-corrected chi connectivity index (χ2v) is 4.96. The van der Waals surface area contributed by atoms with Crippen molar-refractivity contribution in [2.24, 2.45) is 15.8 Å². The Balaban J connectivity index is 1.71. The molecular formula is C15H21N5O2. The maximum Gasteiger partial charge on any atom is 0.212 e. The standard InChI is InChI=1S/C15H21N5O2/c1-11(21)14(16)10-12-2-4-13(5-3-12)22-9-8-19-20-15-17-6-7-18-15/h2-5,8,14H,6-7,9-10,16H2,1H3,(H2,17,18,20)/b19-8+. The third kappa shape index (κ3) is 5.17. The number of carbonyl (C=O) groups is 1. The van der Waals surface area contributed by atoms with Crippen LogP contribution in [0, 0.1) is 0 Å². The van der Waals surface area contributed by atoms with Crippen LogP contribution in [0.5, 0.6) is 5.75 Å². The van der Waals surface area contributed by atoms with Gasteiger partial charge in [0.15, 0.2) is 0 Å². The summed E-state index contributed by atoms with van der Waals surface area (Å²) in [7, 11) is 0. The molecule has 7 heteroatoms. The number of nitrogens with two attached hydrogens (primary N) is 1. The summed E-state index contributed by atoms with van der Waals surface area (Å²) in [5.74, 6) is 1.41. The van der Waals surface area contributed by atoms with E-state index < -0.39 is 6.04 Å². The van der Waals surface area contributed by atoms with Gasteiger partial charge in [-0.05, 0) is 31.0 Å². The van der Waals surface area contributed by atoms with Gasteiger partial charge >= 0.3 is 0 Å². The van der Waals surface area contributed by atoms with Crippen LogP contribution in [-0.4, -0.2) is 43.7 Å². The lowest BCUT2D eigenvalue weighted by Gasteiger charge is -2.08. The van der Waals surface area contributed by atoms with Crippen LogP contribution in [-0.2, 0) is 11.2 Å². The van der Waals surface area contributed by atoms with Gasteiger partial charge in [0.2, 0.25) is 5.96 Å². The number of benzene rings is 1. The van der Waals surface area contributed by atoms with E-state index in [0.717, 1.165) is 24.4 Å². The highest BCUT2D eigenvalue weighted by Crippen LogP contribution is 2.13. The van der Waals surface area contributed by atoms with Crippen LogP contribution in [0.3, 0.4) is 0 Å². The first-order valence-corrected chi connectivity index (χ1v) is 7.19. The summed E-state index contributed by atoms with van der Waals surface area (Å²) in [5, 5.41) is 7.04. The molecule has 1 heterocycles. The van der Waals surface area contributed by atoms with Gasteiger partial charge in [-0.1, -0.05) is 12.1 Å². The first kappa shape index (κ1) is 16.0. The molecular weight excluding hydrogens is 282 g/mol. The Kier molecular flexibility index (Phi) is 5.91. The fraction of sp³-hybridized carbons (Fsp3) is 0.400. The van der Waals surface area contributed by atoms with Crippen molar-refractivity contribution in [3.05, 3.63) is 29.8 Å². The van der Waals surface area contributed by atoms with Crippen LogP contribution in [0.25, 0.3) is 0 Å². The molecule has 1 aromatic rings. The summed E-state index contributed by atoms with van der Waals surface area (Å²) in [6.45, 7) is 3.47. The Labute approximate surface area is 129 Å². The van der Waals surface area contributed by atoms with Crippen LogP contribution in [0.2, 0.25) is 0 Å². The number of nitrogens with one attached hydrogen (secondary N) is 2. The van der Waals surface area contributed by atoms with Crippen molar-refractivity contribution < 1.29 is 9.53 Å². The van der Waals surface area contributed by atoms with Crippen molar-refractivity contribution in [1.82, 2.24) is 10.7 Å². The summed E-state index contributed by atoms with van der Waals surface area (Å²) in [5.41, 5.74) is 9.53. The van der Waals surface area contributed by atoms with Crippen molar-refractivity contribution in [1.29, 1.82) is 0 Å². The van der Waals surface area contributed by atoms with Crippen LogP contribution in [0.4, 0.5) is 0 Å². The normalized spacial score (nSPS) is 15.3. The van der Waals surface area contributed by atoms with Gasteiger partial charge in [0.1, 0.15) is 18.1 Å². The largest absolute Gasteiger partial charge is 0.488 e. The zero-order chi connectivity index (χ0) is 15.8. The van der Waals surface area contributed by atoms with Gasteiger partial charge in [-0.25, -0.2) is 10.4 Å². The number of carbonyl (C=O) groups excluding carboxylic acids is 1. The van der Waals surface area contributed by atoms with Gasteiger partial charge in [-0.15, -0.1) is 0 Å². The van der Waals surface area contributed by atoms with E-state index in [4.69, 9.17) is 10.5 Å². The predicted molar refractivity (Wildman–Crippen MR) is 86.2 cm³/mol. The Morgan fingerprint density at radius 2 is 2.32 bits per heavy atom. The number of nitrogens with zero attached hydrogens (tertiary/aromatic N) is 2. The number of Topliss-reactive ketones (excluding diaryl/α,β-unsaturated/α-hetero) is 1.